The molecule has 2 aromatic heterocycles. The zero-order chi connectivity index (χ0) is 23.9. The largest absolute Gasteiger partial charge is 0.495 e. The number of anilines is 1. The maximum absolute atomic E-state index is 12.4. The summed E-state index contributed by atoms with van der Waals surface area (Å²) in [5.41, 5.74) is 2.54. The summed E-state index contributed by atoms with van der Waals surface area (Å²) in [6.07, 6.45) is 5.23. The lowest BCUT2D eigenvalue weighted by Gasteiger charge is -2.11. The van der Waals surface area contributed by atoms with E-state index in [9.17, 15) is 10.1 Å². The van der Waals surface area contributed by atoms with Crippen LogP contribution in [0, 0.1) is 11.3 Å². The highest BCUT2D eigenvalue weighted by atomic mass is 16.5. The lowest BCUT2D eigenvalue weighted by atomic mass is 10.1. The van der Waals surface area contributed by atoms with Crippen LogP contribution in [0.25, 0.3) is 10.9 Å². The molecule has 0 radical (unpaired) electrons. The first-order valence-corrected chi connectivity index (χ1v) is 10.5. The average molecular weight is 457 g/mol. The lowest BCUT2D eigenvalue weighted by molar-refractivity contribution is -0.115. The first-order chi connectivity index (χ1) is 16.6. The van der Waals surface area contributed by atoms with Gasteiger partial charge in [0.15, 0.2) is 0 Å². The number of hydrogen-bond donors (Lipinski definition) is 1. The molecule has 0 aliphatic rings. The fraction of sp³-hybridized carbons (Fsp3) is 0.200. The first kappa shape index (κ1) is 22.8. The molecular formula is C25H23N5O4. The Morgan fingerprint density at radius 2 is 1.97 bits per heavy atom. The Kier molecular flexibility index (Phi) is 7.01. The fourth-order valence-electron chi connectivity index (χ4n) is 3.42. The van der Waals surface area contributed by atoms with E-state index < -0.39 is 0 Å². The minimum Gasteiger partial charge on any atom is -0.495 e. The molecule has 2 aromatic carbocycles. The van der Waals surface area contributed by atoms with Gasteiger partial charge in [0, 0.05) is 31.0 Å². The van der Waals surface area contributed by atoms with Crippen LogP contribution in [0.1, 0.15) is 11.1 Å². The molecule has 1 amide bonds. The monoisotopic (exact) mass is 457 g/mol. The highest BCUT2D eigenvalue weighted by Gasteiger charge is 2.11. The number of nitriles is 1. The maximum atomic E-state index is 12.4. The van der Waals surface area contributed by atoms with Crippen LogP contribution in [0.5, 0.6) is 17.2 Å². The second-order valence-electron chi connectivity index (χ2n) is 7.45. The average Bonchev–Trinajstić information content (AvgIpc) is 3.30. The molecular weight excluding hydrogens is 434 g/mol. The number of nitrogens with one attached hydrogen (secondary N) is 1. The van der Waals surface area contributed by atoms with Gasteiger partial charge in [-0.3, -0.25) is 14.5 Å². The molecule has 0 aliphatic heterocycles. The molecule has 0 unspecified atom stereocenters. The molecule has 34 heavy (non-hydrogen) atoms. The lowest BCUT2D eigenvalue weighted by Crippen LogP contribution is -2.14. The Morgan fingerprint density at radius 1 is 1.15 bits per heavy atom. The molecule has 4 aromatic rings. The van der Waals surface area contributed by atoms with E-state index in [4.69, 9.17) is 14.2 Å². The van der Waals surface area contributed by atoms with Crippen LogP contribution < -0.4 is 14.8 Å². The number of fused-ring (bicyclic) bond motifs is 1. The SMILES string of the molecule is COCCn1cc(NC(=O)Cc2ccc(Oc3ccnc4cc(OC)c(C#N)cc34)cc2)cn1. The summed E-state index contributed by atoms with van der Waals surface area (Å²) < 4.78 is 18.0. The molecule has 9 heteroatoms. The maximum Gasteiger partial charge on any atom is 0.228 e. The summed E-state index contributed by atoms with van der Waals surface area (Å²) in [4.78, 5) is 16.7. The number of carbonyl (C=O) groups is 1. The van der Waals surface area contributed by atoms with E-state index in [0.29, 0.717) is 52.6 Å². The van der Waals surface area contributed by atoms with Crippen LogP contribution in [-0.2, 0) is 22.5 Å². The predicted molar refractivity (Wildman–Crippen MR) is 126 cm³/mol. The van der Waals surface area contributed by atoms with Crippen LogP contribution in [0.4, 0.5) is 5.69 Å². The van der Waals surface area contributed by atoms with Gasteiger partial charge in [-0.05, 0) is 29.8 Å². The van der Waals surface area contributed by atoms with E-state index in [1.807, 2.05) is 12.1 Å². The van der Waals surface area contributed by atoms with Gasteiger partial charge in [0.1, 0.15) is 23.3 Å². The minimum absolute atomic E-state index is 0.141. The van der Waals surface area contributed by atoms with Gasteiger partial charge in [-0.1, -0.05) is 12.1 Å². The summed E-state index contributed by atoms with van der Waals surface area (Å²) >= 11 is 0. The number of ether oxygens (including phenoxy) is 3. The summed E-state index contributed by atoms with van der Waals surface area (Å²) in [6.45, 7) is 1.17. The number of aromatic nitrogens is 3. The summed E-state index contributed by atoms with van der Waals surface area (Å²) in [5.74, 6) is 1.49. The van der Waals surface area contributed by atoms with Crippen LogP contribution in [-0.4, -0.2) is 41.5 Å². The number of nitrogens with zero attached hydrogens (tertiary/aromatic N) is 4. The molecule has 4 rings (SSSR count). The van der Waals surface area contributed by atoms with Crippen LogP contribution in [0.15, 0.2) is 61.1 Å². The third-order valence-electron chi connectivity index (χ3n) is 5.10. The van der Waals surface area contributed by atoms with Gasteiger partial charge in [0.05, 0.1) is 49.6 Å². The Hall–Kier alpha value is -4.42. The third-order valence-corrected chi connectivity index (χ3v) is 5.10. The van der Waals surface area contributed by atoms with Gasteiger partial charge >= 0.3 is 0 Å². The quantitative estimate of drug-likeness (QED) is 0.405. The Morgan fingerprint density at radius 3 is 2.71 bits per heavy atom. The van der Waals surface area contributed by atoms with Crippen molar-refractivity contribution < 1.29 is 19.0 Å². The number of hydrogen-bond acceptors (Lipinski definition) is 7. The van der Waals surface area contributed by atoms with E-state index in [-0.39, 0.29) is 12.3 Å². The van der Waals surface area contributed by atoms with Crippen molar-refractivity contribution in [3.8, 4) is 23.3 Å². The molecule has 2 heterocycles. The van der Waals surface area contributed by atoms with Crippen molar-refractivity contribution in [2.75, 3.05) is 26.1 Å². The fourth-order valence-corrected chi connectivity index (χ4v) is 3.42. The van der Waals surface area contributed by atoms with E-state index in [1.165, 1.54) is 7.11 Å². The molecule has 0 aliphatic carbocycles. The van der Waals surface area contributed by atoms with Crippen molar-refractivity contribution >= 4 is 22.5 Å². The van der Waals surface area contributed by atoms with Crippen molar-refractivity contribution in [3.63, 3.8) is 0 Å². The number of benzene rings is 2. The van der Waals surface area contributed by atoms with Crippen molar-refractivity contribution in [3.05, 3.63) is 72.2 Å². The van der Waals surface area contributed by atoms with Gasteiger partial charge < -0.3 is 19.5 Å². The van der Waals surface area contributed by atoms with Crippen molar-refractivity contribution in [2.45, 2.75) is 13.0 Å². The van der Waals surface area contributed by atoms with Crippen molar-refractivity contribution in [2.24, 2.45) is 0 Å². The van der Waals surface area contributed by atoms with E-state index in [2.05, 4.69) is 21.5 Å². The highest BCUT2D eigenvalue weighted by Crippen LogP contribution is 2.33. The number of rotatable bonds is 9. The van der Waals surface area contributed by atoms with Gasteiger partial charge in [-0.25, -0.2) is 0 Å². The topological polar surface area (TPSA) is 111 Å². The number of pyridine rings is 1. The number of carbonyl (C=O) groups excluding carboxylic acids is 1. The van der Waals surface area contributed by atoms with Crippen molar-refractivity contribution in [1.29, 1.82) is 5.26 Å². The highest BCUT2D eigenvalue weighted by molar-refractivity contribution is 5.92. The van der Waals surface area contributed by atoms with Crippen LogP contribution in [0.3, 0.4) is 0 Å². The van der Waals surface area contributed by atoms with E-state index in [0.717, 1.165) is 5.56 Å². The molecule has 0 spiro atoms. The Bertz CT molecular complexity index is 1340. The summed E-state index contributed by atoms with van der Waals surface area (Å²) in [7, 11) is 3.14. The second-order valence-corrected chi connectivity index (χ2v) is 7.45. The zero-order valence-electron chi connectivity index (χ0n) is 18.8. The minimum atomic E-state index is -0.141. The van der Waals surface area contributed by atoms with Gasteiger partial charge in [0.25, 0.3) is 0 Å². The third kappa shape index (κ3) is 5.31. The van der Waals surface area contributed by atoms with Crippen molar-refractivity contribution in [1.82, 2.24) is 14.8 Å². The molecule has 1 N–H and O–H groups in total. The molecule has 0 saturated carbocycles. The number of amides is 1. The second kappa shape index (κ2) is 10.5. The summed E-state index contributed by atoms with van der Waals surface area (Å²) in [6, 6.07) is 14.5. The molecule has 0 fully saturated rings. The van der Waals surface area contributed by atoms with Crippen LogP contribution in [0.2, 0.25) is 0 Å². The van der Waals surface area contributed by atoms with Gasteiger partial charge in [-0.15, -0.1) is 0 Å². The molecule has 0 saturated heterocycles. The zero-order valence-corrected chi connectivity index (χ0v) is 18.8. The smallest absolute Gasteiger partial charge is 0.228 e. The molecule has 172 valence electrons. The molecule has 9 nitrogen and oxygen atoms in total. The van der Waals surface area contributed by atoms with Crippen LogP contribution >= 0.6 is 0 Å². The van der Waals surface area contributed by atoms with E-state index in [1.54, 1.807) is 60.7 Å². The predicted octanol–water partition coefficient (Wildman–Crippen LogP) is 3.93. The molecule has 0 bridgehead atoms. The first-order valence-electron chi connectivity index (χ1n) is 10.5. The Labute approximate surface area is 196 Å². The van der Waals surface area contributed by atoms with E-state index >= 15 is 0 Å². The Balaban J connectivity index is 1.42. The molecule has 0 atom stereocenters. The van der Waals surface area contributed by atoms with Gasteiger partial charge in [-0.2, -0.15) is 10.4 Å². The standard InChI is InChI=1S/C25H23N5O4/c1-32-10-9-30-16-19(15-28-30)29-25(31)11-17-3-5-20(6-4-17)34-23-7-8-27-22-13-24(33-2)18(14-26)12-21(22)23/h3-8,12-13,15-16H,9-11H2,1-2H3,(H,29,31). The normalized spacial score (nSPS) is 10.6. The van der Waals surface area contributed by atoms with Gasteiger partial charge in [0.2, 0.25) is 5.91 Å². The number of methoxy groups -OCH3 is 2. The summed E-state index contributed by atoms with van der Waals surface area (Å²) in [5, 5.41) is 17.1.